The maximum atomic E-state index is 11.2. The molecule has 1 aromatic heterocycles. The molecule has 0 saturated heterocycles. The lowest BCUT2D eigenvalue weighted by Crippen LogP contribution is -2.31. The fourth-order valence-corrected chi connectivity index (χ4v) is 1.14. The van der Waals surface area contributed by atoms with E-state index >= 15 is 0 Å². The summed E-state index contributed by atoms with van der Waals surface area (Å²) in [4.78, 5) is 23.3. The van der Waals surface area contributed by atoms with Gasteiger partial charge in [0.05, 0.1) is 6.54 Å². The molecule has 76 valence electrons. The van der Waals surface area contributed by atoms with Crippen molar-refractivity contribution < 1.29 is 14.0 Å². The van der Waals surface area contributed by atoms with E-state index in [9.17, 15) is 9.59 Å². The summed E-state index contributed by atoms with van der Waals surface area (Å²) in [7, 11) is 1.57. The van der Waals surface area contributed by atoms with Crippen LogP contribution in [0.4, 0.5) is 0 Å². The van der Waals surface area contributed by atoms with E-state index in [1.54, 1.807) is 13.1 Å². The average molecular weight is 195 g/mol. The Labute approximate surface area is 82.5 Å². The van der Waals surface area contributed by atoms with Gasteiger partial charge in [-0.25, -0.2) is 0 Å². The molecule has 0 bridgehead atoms. The fourth-order valence-electron chi connectivity index (χ4n) is 1.14. The third-order valence-electron chi connectivity index (χ3n) is 1.84. The molecule has 0 aliphatic rings. The number of rotatable bonds is 3. The normalized spacial score (nSPS) is 9.93. The van der Waals surface area contributed by atoms with E-state index in [4.69, 9.17) is 4.42 Å². The second kappa shape index (κ2) is 4.09. The Morgan fingerprint density at radius 1 is 1.43 bits per heavy atom. The minimum atomic E-state index is -0.501. The van der Waals surface area contributed by atoms with Gasteiger partial charge in [0.15, 0.2) is 0 Å². The molecule has 0 atom stereocenters. The van der Waals surface area contributed by atoms with Gasteiger partial charge in [-0.1, -0.05) is 0 Å². The quantitative estimate of drug-likeness (QED) is 0.679. The molecule has 14 heavy (non-hydrogen) atoms. The van der Waals surface area contributed by atoms with Crippen LogP contribution in [0.3, 0.4) is 0 Å². The Balaban J connectivity index is 2.61. The Hall–Kier alpha value is -1.58. The van der Waals surface area contributed by atoms with Crippen molar-refractivity contribution in [2.45, 2.75) is 20.4 Å². The second-order valence-corrected chi connectivity index (χ2v) is 3.23. The highest BCUT2D eigenvalue weighted by Crippen LogP contribution is 2.08. The van der Waals surface area contributed by atoms with E-state index in [0.717, 1.165) is 5.76 Å². The number of ketones is 1. The molecular weight excluding hydrogens is 182 g/mol. The Morgan fingerprint density at radius 3 is 2.50 bits per heavy atom. The zero-order valence-corrected chi connectivity index (χ0v) is 8.53. The van der Waals surface area contributed by atoms with Gasteiger partial charge in [-0.3, -0.25) is 9.59 Å². The van der Waals surface area contributed by atoms with Gasteiger partial charge in [-0.2, -0.15) is 0 Å². The molecule has 1 aromatic rings. The molecule has 1 rings (SSSR count). The first-order valence-electron chi connectivity index (χ1n) is 4.32. The van der Waals surface area contributed by atoms with Crippen molar-refractivity contribution in [3.63, 3.8) is 0 Å². The van der Waals surface area contributed by atoms with Crippen LogP contribution >= 0.6 is 0 Å². The van der Waals surface area contributed by atoms with Gasteiger partial charge in [0.1, 0.15) is 11.5 Å². The maximum absolute atomic E-state index is 11.2. The van der Waals surface area contributed by atoms with Crippen LogP contribution in [-0.4, -0.2) is 23.6 Å². The van der Waals surface area contributed by atoms with Gasteiger partial charge in [-0.05, 0) is 19.1 Å². The monoisotopic (exact) mass is 195 g/mol. The van der Waals surface area contributed by atoms with Crippen molar-refractivity contribution >= 4 is 11.7 Å². The van der Waals surface area contributed by atoms with Gasteiger partial charge in [-0.15, -0.1) is 0 Å². The number of carbonyl (C=O) groups is 2. The number of aryl methyl sites for hydroxylation is 1. The van der Waals surface area contributed by atoms with Crippen molar-refractivity contribution in [1.82, 2.24) is 4.90 Å². The third kappa shape index (κ3) is 2.45. The maximum Gasteiger partial charge on any atom is 0.289 e. The van der Waals surface area contributed by atoms with E-state index in [1.807, 2.05) is 13.0 Å². The van der Waals surface area contributed by atoms with Gasteiger partial charge in [0.2, 0.25) is 5.78 Å². The van der Waals surface area contributed by atoms with Gasteiger partial charge in [0.25, 0.3) is 5.91 Å². The number of likely N-dealkylation sites (N-methyl/N-ethyl adjacent to an activating group) is 1. The van der Waals surface area contributed by atoms with Gasteiger partial charge in [0, 0.05) is 14.0 Å². The molecule has 0 spiro atoms. The number of hydrogen-bond donors (Lipinski definition) is 0. The number of Topliss-reactive ketones (excluding diaryl/α,β-unsaturated/α-hetero) is 1. The molecule has 4 heteroatoms. The first-order valence-corrected chi connectivity index (χ1v) is 4.32. The molecule has 0 fully saturated rings. The number of nitrogens with zero attached hydrogens (tertiary/aromatic N) is 1. The first kappa shape index (κ1) is 10.5. The summed E-state index contributed by atoms with van der Waals surface area (Å²) in [6.07, 6.45) is 0. The Morgan fingerprint density at radius 2 is 2.07 bits per heavy atom. The van der Waals surface area contributed by atoms with Gasteiger partial charge < -0.3 is 9.32 Å². The summed E-state index contributed by atoms with van der Waals surface area (Å²) < 4.78 is 5.28. The Bertz CT molecular complexity index is 354. The molecule has 0 unspecified atom stereocenters. The van der Waals surface area contributed by atoms with Crippen LogP contribution in [0, 0.1) is 6.92 Å². The summed E-state index contributed by atoms with van der Waals surface area (Å²) >= 11 is 0. The standard InChI is InChI=1S/C10H13NO3/c1-7-4-5-9(14-7)6-11(3)10(13)8(2)12/h4-5H,6H2,1-3H3. The largest absolute Gasteiger partial charge is 0.464 e. The zero-order chi connectivity index (χ0) is 10.7. The number of amides is 1. The van der Waals surface area contributed by atoms with Crippen LogP contribution in [0.2, 0.25) is 0 Å². The summed E-state index contributed by atoms with van der Waals surface area (Å²) in [6.45, 7) is 3.41. The van der Waals surface area contributed by atoms with Crippen LogP contribution in [0.15, 0.2) is 16.5 Å². The van der Waals surface area contributed by atoms with Crippen LogP contribution in [0.5, 0.6) is 0 Å². The van der Waals surface area contributed by atoms with Crippen LogP contribution < -0.4 is 0 Å². The number of furan rings is 1. The van der Waals surface area contributed by atoms with Gasteiger partial charge >= 0.3 is 0 Å². The predicted octanol–water partition coefficient (Wildman–Crippen LogP) is 1.14. The van der Waals surface area contributed by atoms with E-state index < -0.39 is 11.7 Å². The lowest BCUT2D eigenvalue weighted by Gasteiger charge is -2.12. The number of carbonyl (C=O) groups excluding carboxylic acids is 2. The van der Waals surface area contributed by atoms with E-state index in [0.29, 0.717) is 12.3 Å². The summed E-state index contributed by atoms with van der Waals surface area (Å²) in [5.41, 5.74) is 0. The molecule has 0 N–H and O–H groups in total. The topological polar surface area (TPSA) is 50.5 Å². The smallest absolute Gasteiger partial charge is 0.289 e. The van der Waals surface area contributed by atoms with Crippen LogP contribution in [0.1, 0.15) is 18.4 Å². The van der Waals surface area contributed by atoms with Crippen LogP contribution in [-0.2, 0) is 16.1 Å². The number of hydrogen-bond acceptors (Lipinski definition) is 3. The molecule has 0 aliphatic carbocycles. The molecule has 4 nitrogen and oxygen atoms in total. The molecule has 0 radical (unpaired) electrons. The highest BCUT2D eigenvalue weighted by molar-refractivity contribution is 6.34. The zero-order valence-electron chi connectivity index (χ0n) is 8.53. The van der Waals surface area contributed by atoms with E-state index in [2.05, 4.69) is 0 Å². The molecular formula is C10H13NO3. The van der Waals surface area contributed by atoms with Crippen molar-refractivity contribution in [2.24, 2.45) is 0 Å². The molecule has 0 aromatic carbocycles. The summed E-state index contributed by atoms with van der Waals surface area (Å²) in [6, 6.07) is 3.61. The van der Waals surface area contributed by atoms with Crippen LogP contribution in [0.25, 0.3) is 0 Å². The lowest BCUT2D eigenvalue weighted by molar-refractivity contribution is -0.143. The predicted molar refractivity (Wildman–Crippen MR) is 50.6 cm³/mol. The molecule has 1 amide bonds. The summed E-state index contributed by atoms with van der Waals surface area (Å²) in [5.74, 6) is 0.512. The second-order valence-electron chi connectivity index (χ2n) is 3.23. The highest BCUT2D eigenvalue weighted by atomic mass is 16.3. The van der Waals surface area contributed by atoms with Crippen molar-refractivity contribution in [2.75, 3.05) is 7.05 Å². The minimum Gasteiger partial charge on any atom is -0.464 e. The van der Waals surface area contributed by atoms with E-state index in [1.165, 1.54) is 11.8 Å². The molecule has 1 heterocycles. The van der Waals surface area contributed by atoms with Crippen molar-refractivity contribution in [3.8, 4) is 0 Å². The lowest BCUT2D eigenvalue weighted by atomic mass is 10.3. The third-order valence-corrected chi connectivity index (χ3v) is 1.84. The SMILES string of the molecule is CC(=O)C(=O)N(C)Cc1ccc(C)o1. The van der Waals surface area contributed by atoms with Crippen molar-refractivity contribution in [1.29, 1.82) is 0 Å². The average Bonchev–Trinajstić information content (AvgIpc) is 2.49. The summed E-state index contributed by atoms with van der Waals surface area (Å²) in [5, 5.41) is 0. The Kier molecular flexibility index (Phi) is 3.06. The minimum absolute atomic E-state index is 0.326. The van der Waals surface area contributed by atoms with Crippen molar-refractivity contribution in [3.05, 3.63) is 23.7 Å². The molecule has 0 saturated carbocycles. The first-order chi connectivity index (χ1) is 6.50. The fraction of sp³-hybridized carbons (Fsp3) is 0.400. The molecule has 0 aliphatic heterocycles. The van der Waals surface area contributed by atoms with E-state index in [-0.39, 0.29) is 0 Å². The highest BCUT2D eigenvalue weighted by Gasteiger charge is 2.14.